The Balaban J connectivity index is 1.66. The SMILES string of the molecule is NC(=O)C1(NCc2cccs2)CCN(C2CC2)C1. The van der Waals surface area contributed by atoms with Crippen LogP contribution in [0.5, 0.6) is 0 Å². The second kappa shape index (κ2) is 4.64. The van der Waals surface area contributed by atoms with Gasteiger partial charge in [0.05, 0.1) is 0 Å². The van der Waals surface area contributed by atoms with Crippen LogP contribution in [0.4, 0.5) is 0 Å². The van der Waals surface area contributed by atoms with E-state index in [1.165, 1.54) is 17.7 Å². The summed E-state index contributed by atoms with van der Waals surface area (Å²) in [5.41, 5.74) is 5.11. The maximum Gasteiger partial charge on any atom is 0.239 e. The molecule has 0 aromatic carbocycles. The van der Waals surface area contributed by atoms with Gasteiger partial charge in [0.1, 0.15) is 5.54 Å². The minimum atomic E-state index is -0.521. The van der Waals surface area contributed by atoms with E-state index in [9.17, 15) is 4.79 Å². The zero-order valence-corrected chi connectivity index (χ0v) is 11.2. The molecule has 3 N–H and O–H groups in total. The molecule has 0 spiro atoms. The van der Waals surface area contributed by atoms with Gasteiger partial charge >= 0.3 is 0 Å². The molecule has 5 heteroatoms. The number of primary amides is 1. The van der Waals surface area contributed by atoms with Crippen LogP contribution in [0.25, 0.3) is 0 Å². The van der Waals surface area contributed by atoms with E-state index < -0.39 is 5.54 Å². The maximum absolute atomic E-state index is 11.8. The number of nitrogens with zero attached hydrogens (tertiary/aromatic N) is 1. The zero-order chi connectivity index (χ0) is 12.6. The summed E-state index contributed by atoms with van der Waals surface area (Å²) in [6.07, 6.45) is 3.39. The molecule has 18 heavy (non-hydrogen) atoms. The van der Waals surface area contributed by atoms with Crippen LogP contribution in [0.15, 0.2) is 17.5 Å². The van der Waals surface area contributed by atoms with Crippen molar-refractivity contribution in [3.8, 4) is 0 Å². The van der Waals surface area contributed by atoms with E-state index in [-0.39, 0.29) is 5.91 Å². The number of hydrogen-bond acceptors (Lipinski definition) is 4. The van der Waals surface area contributed by atoms with Crippen LogP contribution in [0.1, 0.15) is 24.1 Å². The highest BCUT2D eigenvalue weighted by molar-refractivity contribution is 7.09. The molecule has 1 aromatic rings. The molecule has 1 atom stereocenters. The van der Waals surface area contributed by atoms with Crippen LogP contribution < -0.4 is 11.1 Å². The van der Waals surface area contributed by atoms with E-state index in [1.54, 1.807) is 11.3 Å². The molecule has 2 fully saturated rings. The molecular weight excluding hydrogens is 246 g/mol. The first-order valence-corrected chi connectivity index (χ1v) is 7.39. The van der Waals surface area contributed by atoms with E-state index in [0.29, 0.717) is 6.04 Å². The fourth-order valence-electron chi connectivity index (χ4n) is 2.69. The Kier molecular flexibility index (Phi) is 3.13. The van der Waals surface area contributed by atoms with Crippen LogP contribution in [-0.2, 0) is 11.3 Å². The Morgan fingerprint density at radius 2 is 2.44 bits per heavy atom. The molecule has 0 radical (unpaired) electrons. The molecule has 98 valence electrons. The van der Waals surface area contributed by atoms with Crippen LogP contribution >= 0.6 is 11.3 Å². The standard InChI is InChI=1S/C13H19N3OS/c14-12(17)13(15-8-11-2-1-7-18-11)5-6-16(9-13)10-3-4-10/h1-2,7,10,15H,3-6,8-9H2,(H2,14,17). The average Bonchev–Trinajstić information content (AvgIpc) is 2.92. The normalized spacial score (nSPS) is 28.7. The van der Waals surface area contributed by atoms with Gasteiger partial charge in [-0.05, 0) is 30.7 Å². The van der Waals surface area contributed by atoms with Crippen molar-refractivity contribution >= 4 is 17.2 Å². The minimum Gasteiger partial charge on any atom is -0.368 e. The van der Waals surface area contributed by atoms with Crippen molar-refractivity contribution in [2.45, 2.75) is 37.4 Å². The summed E-state index contributed by atoms with van der Waals surface area (Å²) in [6, 6.07) is 4.82. The molecule has 1 saturated carbocycles. The number of nitrogens with one attached hydrogen (secondary N) is 1. The Morgan fingerprint density at radius 1 is 1.61 bits per heavy atom. The highest BCUT2D eigenvalue weighted by Gasteiger charge is 2.46. The van der Waals surface area contributed by atoms with Gasteiger partial charge < -0.3 is 5.73 Å². The lowest BCUT2D eigenvalue weighted by Crippen LogP contribution is -2.56. The smallest absolute Gasteiger partial charge is 0.239 e. The molecule has 1 aliphatic carbocycles. The predicted molar refractivity (Wildman–Crippen MR) is 72.3 cm³/mol. The van der Waals surface area contributed by atoms with Crippen LogP contribution in [0.3, 0.4) is 0 Å². The third kappa shape index (κ3) is 2.30. The van der Waals surface area contributed by atoms with Gasteiger partial charge in [0.25, 0.3) is 0 Å². The molecule has 1 amide bonds. The summed E-state index contributed by atoms with van der Waals surface area (Å²) in [6.45, 7) is 2.50. The van der Waals surface area contributed by atoms with Crippen molar-refractivity contribution < 1.29 is 4.79 Å². The summed E-state index contributed by atoms with van der Waals surface area (Å²) in [5, 5.41) is 5.46. The van der Waals surface area contributed by atoms with Gasteiger partial charge in [-0.25, -0.2) is 0 Å². The third-order valence-corrected chi connectivity index (χ3v) is 4.89. The number of nitrogens with two attached hydrogens (primary N) is 1. The maximum atomic E-state index is 11.8. The van der Waals surface area contributed by atoms with Crippen molar-refractivity contribution in [2.75, 3.05) is 13.1 Å². The van der Waals surface area contributed by atoms with E-state index in [0.717, 1.165) is 26.1 Å². The third-order valence-electron chi connectivity index (χ3n) is 4.01. The molecule has 2 aliphatic rings. The lowest BCUT2D eigenvalue weighted by molar-refractivity contribution is -0.124. The molecule has 2 heterocycles. The molecule has 1 aliphatic heterocycles. The molecule has 1 aromatic heterocycles. The quantitative estimate of drug-likeness (QED) is 0.832. The van der Waals surface area contributed by atoms with Gasteiger partial charge in [0, 0.05) is 30.6 Å². The van der Waals surface area contributed by atoms with Gasteiger partial charge in [0.15, 0.2) is 0 Å². The average molecular weight is 265 g/mol. The zero-order valence-electron chi connectivity index (χ0n) is 10.4. The van der Waals surface area contributed by atoms with Crippen molar-refractivity contribution in [3.63, 3.8) is 0 Å². The van der Waals surface area contributed by atoms with Gasteiger partial charge in [-0.2, -0.15) is 0 Å². The summed E-state index contributed by atoms with van der Waals surface area (Å²) >= 11 is 1.71. The first-order valence-electron chi connectivity index (χ1n) is 6.51. The summed E-state index contributed by atoms with van der Waals surface area (Å²) in [4.78, 5) is 15.5. The number of thiophene rings is 1. The highest BCUT2D eigenvalue weighted by Crippen LogP contribution is 2.33. The van der Waals surface area contributed by atoms with Gasteiger partial charge in [-0.1, -0.05) is 6.07 Å². The highest BCUT2D eigenvalue weighted by atomic mass is 32.1. The number of hydrogen-bond donors (Lipinski definition) is 2. The van der Waals surface area contributed by atoms with Gasteiger partial charge in [-0.15, -0.1) is 11.3 Å². The minimum absolute atomic E-state index is 0.206. The van der Waals surface area contributed by atoms with Crippen molar-refractivity contribution in [2.24, 2.45) is 5.73 Å². The summed E-state index contributed by atoms with van der Waals surface area (Å²) < 4.78 is 0. The Morgan fingerprint density at radius 3 is 3.06 bits per heavy atom. The first-order chi connectivity index (χ1) is 8.70. The summed E-state index contributed by atoms with van der Waals surface area (Å²) in [5.74, 6) is -0.206. The number of amides is 1. The van der Waals surface area contributed by atoms with Gasteiger partial charge in [-0.3, -0.25) is 15.0 Å². The Hall–Kier alpha value is -0.910. The largest absolute Gasteiger partial charge is 0.368 e. The lowest BCUT2D eigenvalue weighted by Gasteiger charge is -2.27. The predicted octanol–water partition coefficient (Wildman–Crippen LogP) is 0.930. The van der Waals surface area contributed by atoms with Crippen LogP contribution in [-0.4, -0.2) is 35.5 Å². The molecule has 3 rings (SSSR count). The van der Waals surface area contributed by atoms with Crippen molar-refractivity contribution in [3.05, 3.63) is 22.4 Å². The van der Waals surface area contributed by atoms with Crippen molar-refractivity contribution in [1.29, 1.82) is 0 Å². The van der Waals surface area contributed by atoms with Crippen molar-refractivity contribution in [1.82, 2.24) is 10.2 Å². The number of carbonyl (C=O) groups excluding carboxylic acids is 1. The second-order valence-electron chi connectivity index (χ2n) is 5.33. The number of likely N-dealkylation sites (tertiary alicyclic amines) is 1. The molecule has 1 unspecified atom stereocenters. The second-order valence-corrected chi connectivity index (χ2v) is 6.36. The van der Waals surface area contributed by atoms with E-state index >= 15 is 0 Å². The first kappa shape index (κ1) is 12.1. The topological polar surface area (TPSA) is 58.4 Å². The van der Waals surface area contributed by atoms with E-state index in [1.807, 2.05) is 6.07 Å². The monoisotopic (exact) mass is 265 g/mol. The molecule has 1 saturated heterocycles. The van der Waals surface area contributed by atoms with Crippen LogP contribution in [0, 0.1) is 0 Å². The Labute approximate surface area is 111 Å². The summed E-state index contributed by atoms with van der Waals surface area (Å²) in [7, 11) is 0. The molecule has 4 nitrogen and oxygen atoms in total. The number of carbonyl (C=O) groups is 1. The van der Waals surface area contributed by atoms with Crippen LogP contribution in [0.2, 0.25) is 0 Å². The molecule has 0 bridgehead atoms. The fourth-order valence-corrected chi connectivity index (χ4v) is 3.34. The molecular formula is C13H19N3OS. The fraction of sp³-hybridized carbons (Fsp3) is 0.615. The number of rotatable bonds is 5. The Bertz CT molecular complexity index is 429. The van der Waals surface area contributed by atoms with E-state index in [4.69, 9.17) is 5.73 Å². The lowest BCUT2D eigenvalue weighted by atomic mass is 9.97. The van der Waals surface area contributed by atoms with Gasteiger partial charge in [0.2, 0.25) is 5.91 Å². The van der Waals surface area contributed by atoms with E-state index in [2.05, 4.69) is 21.7 Å².